The molecule has 65 heavy (non-hydrogen) atoms. The Balaban J connectivity index is 1.15. The Hall–Kier alpha value is -7.57. The minimum absolute atomic E-state index is 0.0165. The number of hydrogen-bond donors (Lipinski definition) is 2. The number of hydrogen-bond acceptors (Lipinski definition) is 3. The summed E-state index contributed by atoms with van der Waals surface area (Å²) in [5.74, 6) is -1.68. The third-order valence-electron chi connectivity index (χ3n) is 13.8. The molecular formula is C59H51N2O4+. The Bertz CT molecular complexity index is 3310. The van der Waals surface area contributed by atoms with Gasteiger partial charge in [-0.05, 0) is 87.8 Å². The van der Waals surface area contributed by atoms with Gasteiger partial charge in [0.25, 0.3) is 0 Å². The average Bonchev–Trinajstić information content (AvgIpc) is 3.71. The van der Waals surface area contributed by atoms with Crippen LogP contribution in [0.4, 0.5) is 11.4 Å². The van der Waals surface area contributed by atoms with Crippen LogP contribution < -0.4 is 4.90 Å². The van der Waals surface area contributed by atoms with Crippen molar-refractivity contribution >= 4 is 72.1 Å². The normalized spacial score (nSPS) is 18.9. The fraction of sp³-hybridized carbons (Fsp3) is 0.169. The number of aliphatic carboxylic acids is 2. The molecule has 0 spiro atoms. The van der Waals surface area contributed by atoms with E-state index in [2.05, 4.69) is 199 Å². The molecule has 10 rings (SSSR count). The molecule has 0 aliphatic carbocycles. The SMILES string of the molecule is CC1(Cc2ccccc2)C(/C=C/C=C/C=C2\N(CCC(=O)O)c3c(c4ccccc4c4ccccc34)C2(C)Cc2ccccc2)=[N+](CCC(=O)O)c2c1c1ccccc1c1ccccc21. The quantitative estimate of drug-likeness (QED) is 0.0686. The van der Waals surface area contributed by atoms with E-state index in [1.54, 1.807) is 0 Å². The second-order valence-corrected chi connectivity index (χ2v) is 17.9. The van der Waals surface area contributed by atoms with Crippen molar-refractivity contribution in [2.75, 3.05) is 18.0 Å². The number of fused-ring (bicyclic) bond motifs is 12. The summed E-state index contributed by atoms with van der Waals surface area (Å²) in [6.07, 6.45) is 12.0. The number of nitrogens with zero attached hydrogens (tertiary/aromatic N) is 2. The molecule has 2 N–H and O–H groups in total. The second kappa shape index (κ2) is 16.9. The smallest absolute Gasteiger partial charge is 0.309 e. The van der Waals surface area contributed by atoms with Gasteiger partial charge in [0.15, 0.2) is 12.3 Å². The van der Waals surface area contributed by atoms with Crippen molar-refractivity contribution in [3.63, 3.8) is 0 Å². The van der Waals surface area contributed by atoms with Crippen molar-refractivity contribution in [2.45, 2.75) is 50.4 Å². The summed E-state index contributed by atoms with van der Waals surface area (Å²) in [5.41, 5.74) is 8.00. The highest BCUT2D eigenvalue weighted by Crippen LogP contribution is 2.56. The highest BCUT2D eigenvalue weighted by Gasteiger charge is 2.50. The van der Waals surface area contributed by atoms with Gasteiger partial charge in [0, 0.05) is 34.7 Å². The maximum atomic E-state index is 12.3. The van der Waals surface area contributed by atoms with Crippen LogP contribution in [0.1, 0.15) is 48.9 Å². The Morgan fingerprint density at radius 1 is 0.523 bits per heavy atom. The summed E-state index contributed by atoms with van der Waals surface area (Å²) < 4.78 is 2.26. The number of carboxylic acids is 2. The van der Waals surface area contributed by atoms with E-state index in [4.69, 9.17) is 0 Å². The molecule has 0 radical (unpaired) electrons. The van der Waals surface area contributed by atoms with Gasteiger partial charge in [-0.15, -0.1) is 0 Å². The second-order valence-electron chi connectivity index (χ2n) is 17.9. The first kappa shape index (κ1) is 41.4. The van der Waals surface area contributed by atoms with Crippen molar-refractivity contribution in [3.8, 4) is 0 Å². The van der Waals surface area contributed by atoms with Crippen LogP contribution >= 0.6 is 0 Å². The third-order valence-corrected chi connectivity index (χ3v) is 13.8. The predicted octanol–water partition coefficient (Wildman–Crippen LogP) is 12.9. The molecule has 2 aliphatic rings. The van der Waals surface area contributed by atoms with Crippen LogP contribution in [-0.2, 0) is 33.3 Å². The predicted molar refractivity (Wildman–Crippen MR) is 266 cm³/mol. The topological polar surface area (TPSA) is 80.9 Å². The number of carbonyl (C=O) groups is 2. The summed E-state index contributed by atoms with van der Waals surface area (Å²) in [6.45, 7) is 5.26. The molecule has 2 atom stereocenters. The molecule has 0 fully saturated rings. The first-order chi connectivity index (χ1) is 31.7. The lowest BCUT2D eigenvalue weighted by Crippen LogP contribution is -2.34. The minimum atomic E-state index is -0.840. The fourth-order valence-electron chi connectivity index (χ4n) is 11.2. The summed E-state index contributed by atoms with van der Waals surface area (Å²) in [7, 11) is 0. The van der Waals surface area contributed by atoms with E-state index in [1.807, 2.05) is 12.1 Å². The average molecular weight is 852 g/mol. The number of benzene rings is 8. The zero-order valence-electron chi connectivity index (χ0n) is 36.7. The van der Waals surface area contributed by atoms with Gasteiger partial charge < -0.3 is 15.1 Å². The summed E-state index contributed by atoms with van der Waals surface area (Å²) in [4.78, 5) is 26.9. The van der Waals surface area contributed by atoms with Crippen LogP contribution in [-0.4, -0.2) is 45.5 Å². The molecule has 0 aromatic heterocycles. The molecule has 2 aliphatic heterocycles. The van der Waals surface area contributed by atoms with Gasteiger partial charge in [-0.25, -0.2) is 0 Å². The molecule has 6 heteroatoms. The maximum Gasteiger partial charge on any atom is 0.309 e. The number of carboxylic acid groups (broad SMARTS) is 2. The van der Waals surface area contributed by atoms with Gasteiger partial charge >= 0.3 is 11.9 Å². The van der Waals surface area contributed by atoms with E-state index in [0.717, 1.165) is 57.2 Å². The van der Waals surface area contributed by atoms with E-state index in [9.17, 15) is 19.8 Å². The number of allylic oxidation sites excluding steroid dienone is 6. The van der Waals surface area contributed by atoms with Gasteiger partial charge in [0.1, 0.15) is 6.42 Å². The van der Waals surface area contributed by atoms with E-state index < -0.39 is 22.8 Å². The van der Waals surface area contributed by atoms with Crippen LogP contribution in [0, 0.1) is 0 Å². The van der Waals surface area contributed by atoms with E-state index in [0.29, 0.717) is 13.1 Å². The third kappa shape index (κ3) is 7.20. The standard InChI is InChI=1S/C59H50N2O4/c1-58(38-40-20-6-3-7-21-40)50(60(36-34-52(62)63)56-48-30-18-14-26-44(48)42-24-12-16-28-46(42)54(56)58)32-10-5-11-33-51-59(2,39-41-22-8-4-9-23-41)55-47-29-17-13-25-43(47)45-27-15-19-31-49(45)57(55)61(51)37-35-53(64)65/h3-33H,34-39H2,1-2H3,(H-,62,63,64,65)/p+1. The summed E-state index contributed by atoms with van der Waals surface area (Å²) in [6, 6.07) is 55.3. The lowest BCUT2D eigenvalue weighted by Gasteiger charge is -2.31. The van der Waals surface area contributed by atoms with Crippen LogP contribution in [0.15, 0.2) is 194 Å². The first-order valence-electron chi connectivity index (χ1n) is 22.5. The van der Waals surface area contributed by atoms with Gasteiger partial charge in [-0.1, -0.05) is 170 Å². The Labute approximate surface area is 379 Å². The van der Waals surface area contributed by atoms with Crippen LogP contribution in [0.3, 0.4) is 0 Å². The van der Waals surface area contributed by atoms with Crippen molar-refractivity contribution in [2.24, 2.45) is 0 Å². The van der Waals surface area contributed by atoms with Crippen molar-refractivity contribution in [1.82, 2.24) is 0 Å². The van der Waals surface area contributed by atoms with Gasteiger partial charge in [0.05, 0.1) is 22.9 Å². The monoisotopic (exact) mass is 851 g/mol. The highest BCUT2D eigenvalue weighted by atomic mass is 16.4. The molecule has 0 saturated heterocycles. The first-order valence-corrected chi connectivity index (χ1v) is 22.5. The zero-order valence-corrected chi connectivity index (χ0v) is 36.7. The molecule has 0 saturated carbocycles. The fourth-order valence-corrected chi connectivity index (χ4v) is 11.2. The molecule has 8 aromatic rings. The van der Waals surface area contributed by atoms with Crippen LogP contribution in [0.5, 0.6) is 0 Å². The van der Waals surface area contributed by atoms with Gasteiger partial charge in [-0.2, -0.15) is 4.58 Å². The summed E-state index contributed by atoms with van der Waals surface area (Å²) in [5, 5.41) is 29.4. The maximum absolute atomic E-state index is 12.3. The summed E-state index contributed by atoms with van der Waals surface area (Å²) >= 11 is 0. The largest absolute Gasteiger partial charge is 0.481 e. The molecule has 2 heterocycles. The number of rotatable bonds is 13. The number of anilines is 1. The van der Waals surface area contributed by atoms with E-state index >= 15 is 0 Å². The molecule has 0 amide bonds. The lowest BCUT2D eigenvalue weighted by molar-refractivity contribution is -0.435. The van der Waals surface area contributed by atoms with Crippen molar-refractivity contribution in [1.29, 1.82) is 0 Å². The molecule has 320 valence electrons. The molecule has 0 bridgehead atoms. The minimum Gasteiger partial charge on any atom is -0.481 e. The van der Waals surface area contributed by atoms with Crippen LogP contribution in [0.2, 0.25) is 0 Å². The lowest BCUT2D eigenvalue weighted by atomic mass is 9.72. The van der Waals surface area contributed by atoms with Gasteiger partial charge in [-0.3, -0.25) is 9.59 Å². The molecule has 6 nitrogen and oxygen atoms in total. The molecule has 2 unspecified atom stereocenters. The Kier molecular flexibility index (Phi) is 10.7. The van der Waals surface area contributed by atoms with Crippen molar-refractivity contribution in [3.05, 3.63) is 216 Å². The Morgan fingerprint density at radius 3 is 1.55 bits per heavy atom. The van der Waals surface area contributed by atoms with Crippen LogP contribution in [0.25, 0.3) is 43.1 Å². The highest BCUT2D eigenvalue weighted by molar-refractivity contribution is 6.20. The van der Waals surface area contributed by atoms with Crippen molar-refractivity contribution < 1.29 is 24.4 Å². The zero-order chi connectivity index (χ0) is 44.7. The van der Waals surface area contributed by atoms with E-state index in [-0.39, 0.29) is 12.8 Å². The van der Waals surface area contributed by atoms with Gasteiger partial charge in [0.2, 0.25) is 5.69 Å². The Morgan fingerprint density at radius 2 is 0.985 bits per heavy atom. The van der Waals surface area contributed by atoms with E-state index in [1.165, 1.54) is 43.8 Å². The molecule has 8 aromatic carbocycles. The molecular weight excluding hydrogens is 801 g/mol.